The lowest BCUT2D eigenvalue weighted by Gasteiger charge is -2.32. The molecule has 0 saturated carbocycles. The fourth-order valence-corrected chi connectivity index (χ4v) is 3.38. The van der Waals surface area contributed by atoms with Crippen molar-refractivity contribution in [1.29, 1.82) is 0 Å². The molecular formula is C14H14N2O2. The van der Waals surface area contributed by atoms with Gasteiger partial charge in [0.1, 0.15) is 0 Å². The minimum atomic E-state index is -1.18. The van der Waals surface area contributed by atoms with Gasteiger partial charge in [0.2, 0.25) is 0 Å². The predicted octanol–water partition coefficient (Wildman–Crippen LogP) is 0.889. The van der Waals surface area contributed by atoms with E-state index in [-0.39, 0.29) is 11.9 Å². The second-order valence-corrected chi connectivity index (χ2v) is 5.12. The van der Waals surface area contributed by atoms with Crippen LogP contribution >= 0.6 is 0 Å². The minimum absolute atomic E-state index is 0.0594. The minimum Gasteiger partial charge on any atom is -0.365 e. The van der Waals surface area contributed by atoms with E-state index < -0.39 is 5.72 Å². The van der Waals surface area contributed by atoms with E-state index in [1.165, 1.54) is 0 Å². The Hall–Kier alpha value is -1.65. The van der Waals surface area contributed by atoms with Crippen molar-refractivity contribution in [1.82, 2.24) is 9.80 Å². The number of hydrogen-bond donors (Lipinski definition) is 1. The van der Waals surface area contributed by atoms with Crippen molar-refractivity contribution in [3.63, 3.8) is 0 Å². The second-order valence-electron chi connectivity index (χ2n) is 5.12. The third-order valence-corrected chi connectivity index (χ3v) is 4.24. The van der Waals surface area contributed by atoms with Crippen LogP contribution in [0.2, 0.25) is 0 Å². The highest BCUT2D eigenvalue weighted by Gasteiger charge is 2.59. The highest BCUT2D eigenvalue weighted by atomic mass is 16.3. The summed E-state index contributed by atoms with van der Waals surface area (Å²) in [4.78, 5) is 16.1. The third kappa shape index (κ3) is 1.01. The lowest BCUT2D eigenvalue weighted by Crippen LogP contribution is -2.46. The van der Waals surface area contributed by atoms with Gasteiger partial charge >= 0.3 is 0 Å². The fraction of sp³-hybridized carbons (Fsp3) is 0.357. The smallest absolute Gasteiger partial charge is 0.257 e. The average molecular weight is 242 g/mol. The first-order chi connectivity index (χ1) is 8.73. The Kier molecular flexibility index (Phi) is 1.84. The number of rotatable bonds is 0. The number of aliphatic hydroxyl groups is 1. The molecule has 3 aliphatic rings. The summed E-state index contributed by atoms with van der Waals surface area (Å²) >= 11 is 0. The van der Waals surface area contributed by atoms with Gasteiger partial charge in [-0.1, -0.05) is 30.4 Å². The van der Waals surface area contributed by atoms with E-state index in [4.69, 9.17) is 0 Å². The van der Waals surface area contributed by atoms with E-state index in [0.717, 1.165) is 18.5 Å². The number of amides is 1. The standard InChI is InChI=1S/C14H14N2O2/c17-13-10-5-1-2-6-11(10)14(18)12-7-3-4-8-15(12)9-16(13)14/h1-3,5-7,12,18H,4,8-9H2/t12-,14+/m0/s1. The van der Waals surface area contributed by atoms with E-state index in [9.17, 15) is 9.90 Å². The average Bonchev–Trinajstić information content (AvgIpc) is 2.83. The Bertz CT molecular complexity index is 569. The van der Waals surface area contributed by atoms with Crippen LogP contribution in [0, 0.1) is 0 Å². The van der Waals surface area contributed by atoms with Gasteiger partial charge in [0, 0.05) is 17.7 Å². The van der Waals surface area contributed by atoms with E-state index in [2.05, 4.69) is 11.0 Å². The molecule has 1 amide bonds. The Balaban J connectivity index is 1.94. The highest BCUT2D eigenvalue weighted by molar-refractivity contribution is 6.00. The quantitative estimate of drug-likeness (QED) is 0.687. The molecule has 0 radical (unpaired) electrons. The number of carbonyl (C=O) groups is 1. The lowest BCUT2D eigenvalue weighted by atomic mass is 9.93. The summed E-state index contributed by atoms with van der Waals surface area (Å²) in [6, 6.07) is 7.27. The number of nitrogens with zero attached hydrogens (tertiary/aromatic N) is 2. The second kappa shape index (κ2) is 3.22. The van der Waals surface area contributed by atoms with Gasteiger partial charge in [-0.3, -0.25) is 14.6 Å². The summed E-state index contributed by atoms with van der Waals surface area (Å²) < 4.78 is 0. The van der Waals surface area contributed by atoms with E-state index in [1.54, 1.807) is 11.0 Å². The molecule has 1 aromatic carbocycles. The summed E-state index contributed by atoms with van der Waals surface area (Å²) in [6.45, 7) is 1.41. The third-order valence-electron chi connectivity index (χ3n) is 4.24. The molecule has 0 unspecified atom stereocenters. The van der Waals surface area contributed by atoms with Gasteiger partial charge in [0.25, 0.3) is 5.91 Å². The van der Waals surface area contributed by atoms with Gasteiger partial charge in [0.05, 0.1) is 12.7 Å². The molecule has 1 fully saturated rings. The van der Waals surface area contributed by atoms with E-state index in [0.29, 0.717) is 12.2 Å². The Labute approximate surface area is 105 Å². The van der Waals surface area contributed by atoms with Gasteiger partial charge in [-0.15, -0.1) is 0 Å². The highest BCUT2D eigenvalue weighted by Crippen LogP contribution is 2.46. The largest absolute Gasteiger partial charge is 0.365 e. The molecule has 0 bridgehead atoms. The molecule has 0 aromatic heterocycles. The van der Waals surface area contributed by atoms with Crippen LogP contribution in [0.15, 0.2) is 36.4 Å². The monoisotopic (exact) mass is 242 g/mol. The SMILES string of the molecule is O=C1c2ccccc2[C@@]2(O)[C@@H]3C=CCCN3CN12. The van der Waals surface area contributed by atoms with Crippen LogP contribution < -0.4 is 0 Å². The maximum Gasteiger partial charge on any atom is 0.257 e. The van der Waals surface area contributed by atoms with Crippen molar-refractivity contribution < 1.29 is 9.90 Å². The van der Waals surface area contributed by atoms with Crippen molar-refractivity contribution in [3.05, 3.63) is 47.5 Å². The molecule has 4 nitrogen and oxygen atoms in total. The normalized spacial score (nSPS) is 33.5. The van der Waals surface area contributed by atoms with Crippen molar-refractivity contribution in [2.24, 2.45) is 0 Å². The number of carbonyl (C=O) groups excluding carboxylic acids is 1. The molecule has 0 spiro atoms. The number of fused-ring (bicyclic) bond motifs is 5. The van der Waals surface area contributed by atoms with Crippen molar-refractivity contribution in [2.75, 3.05) is 13.2 Å². The molecule has 2 atom stereocenters. The first-order valence-corrected chi connectivity index (χ1v) is 6.27. The number of hydrogen-bond acceptors (Lipinski definition) is 3. The molecule has 1 aromatic rings. The molecule has 3 heterocycles. The maximum atomic E-state index is 12.3. The molecule has 1 N–H and O–H groups in total. The fourth-order valence-electron chi connectivity index (χ4n) is 3.38. The van der Waals surface area contributed by atoms with Gasteiger partial charge in [0.15, 0.2) is 5.72 Å². The molecule has 4 rings (SSSR count). The topological polar surface area (TPSA) is 43.8 Å². The van der Waals surface area contributed by atoms with Crippen LogP contribution in [0.25, 0.3) is 0 Å². The van der Waals surface area contributed by atoms with Crippen LogP contribution in [0.3, 0.4) is 0 Å². The Morgan fingerprint density at radius 3 is 3.06 bits per heavy atom. The Morgan fingerprint density at radius 1 is 1.33 bits per heavy atom. The van der Waals surface area contributed by atoms with E-state index >= 15 is 0 Å². The van der Waals surface area contributed by atoms with Crippen LogP contribution in [0.1, 0.15) is 22.3 Å². The van der Waals surface area contributed by atoms with Crippen molar-refractivity contribution in [3.8, 4) is 0 Å². The zero-order chi connectivity index (χ0) is 12.3. The zero-order valence-electron chi connectivity index (χ0n) is 9.91. The molecule has 3 aliphatic heterocycles. The first kappa shape index (κ1) is 10.3. The molecule has 1 saturated heterocycles. The van der Waals surface area contributed by atoms with Gasteiger partial charge in [-0.25, -0.2) is 0 Å². The van der Waals surface area contributed by atoms with E-state index in [1.807, 2.05) is 24.3 Å². The summed E-state index contributed by atoms with van der Waals surface area (Å²) in [7, 11) is 0. The summed E-state index contributed by atoms with van der Waals surface area (Å²) in [5.74, 6) is -0.0594. The van der Waals surface area contributed by atoms with Crippen LogP contribution in [0.5, 0.6) is 0 Å². The maximum absolute atomic E-state index is 12.3. The summed E-state index contributed by atoms with van der Waals surface area (Å²) in [5, 5.41) is 11.1. The predicted molar refractivity (Wildman–Crippen MR) is 65.6 cm³/mol. The van der Waals surface area contributed by atoms with Gasteiger partial charge < -0.3 is 5.11 Å². The van der Waals surface area contributed by atoms with Crippen LogP contribution in [0.4, 0.5) is 0 Å². The molecular weight excluding hydrogens is 228 g/mol. The molecule has 18 heavy (non-hydrogen) atoms. The molecule has 4 heteroatoms. The summed E-state index contributed by atoms with van der Waals surface area (Å²) in [6.07, 6.45) is 5.10. The van der Waals surface area contributed by atoms with Crippen molar-refractivity contribution >= 4 is 5.91 Å². The van der Waals surface area contributed by atoms with Crippen molar-refractivity contribution in [2.45, 2.75) is 18.2 Å². The molecule has 92 valence electrons. The lowest BCUT2D eigenvalue weighted by molar-refractivity contribution is -0.0649. The van der Waals surface area contributed by atoms with Crippen LogP contribution in [-0.2, 0) is 5.72 Å². The summed E-state index contributed by atoms with van der Waals surface area (Å²) in [5.41, 5.74) is 0.206. The first-order valence-electron chi connectivity index (χ1n) is 6.27. The zero-order valence-corrected chi connectivity index (χ0v) is 9.91. The van der Waals surface area contributed by atoms with Gasteiger partial charge in [-0.05, 0) is 12.5 Å². The van der Waals surface area contributed by atoms with Crippen LogP contribution in [-0.4, -0.2) is 40.1 Å². The van der Waals surface area contributed by atoms with Gasteiger partial charge in [-0.2, -0.15) is 0 Å². The Morgan fingerprint density at radius 2 is 2.17 bits per heavy atom. The molecule has 0 aliphatic carbocycles. The number of benzene rings is 1.